The Morgan fingerprint density at radius 1 is 1.15 bits per heavy atom. The number of amides is 1. The molecular weight excluding hydrogens is 340 g/mol. The van der Waals surface area contributed by atoms with Gasteiger partial charge in [-0.15, -0.1) is 0 Å². The lowest BCUT2D eigenvalue weighted by atomic mass is 9.78. The van der Waals surface area contributed by atoms with Crippen molar-refractivity contribution in [2.45, 2.75) is 64.0 Å². The molecule has 5 nitrogen and oxygen atoms in total. The number of nitrogens with one attached hydrogen (secondary N) is 1. The third-order valence-electron chi connectivity index (χ3n) is 6.23. The second-order valence-corrected chi connectivity index (χ2v) is 8.44. The first-order chi connectivity index (χ1) is 13.0. The van der Waals surface area contributed by atoms with Crippen molar-refractivity contribution in [2.24, 2.45) is 11.8 Å². The van der Waals surface area contributed by atoms with Crippen LogP contribution >= 0.6 is 0 Å². The maximum Gasteiger partial charge on any atom is 0.326 e. The first-order valence-corrected chi connectivity index (χ1v) is 10.3. The van der Waals surface area contributed by atoms with Crippen LogP contribution in [0.15, 0.2) is 30.3 Å². The third kappa shape index (κ3) is 4.70. The molecule has 2 atom stereocenters. The van der Waals surface area contributed by atoms with Crippen LogP contribution in [-0.4, -0.2) is 47.1 Å². The van der Waals surface area contributed by atoms with Gasteiger partial charge in [0.2, 0.25) is 5.91 Å². The highest BCUT2D eigenvalue weighted by molar-refractivity contribution is 5.88. The molecule has 0 spiro atoms. The summed E-state index contributed by atoms with van der Waals surface area (Å²) in [7, 11) is 0. The smallest absolute Gasteiger partial charge is 0.326 e. The molecule has 1 saturated carbocycles. The lowest BCUT2D eigenvalue weighted by Crippen LogP contribution is -2.49. The van der Waals surface area contributed by atoms with E-state index in [1.807, 2.05) is 13.8 Å². The predicted molar refractivity (Wildman–Crippen MR) is 106 cm³/mol. The van der Waals surface area contributed by atoms with Gasteiger partial charge in [-0.05, 0) is 62.0 Å². The van der Waals surface area contributed by atoms with E-state index in [-0.39, 0.29) is 17.9 Å². The Morgan fingerprint density at radius 3 is 2.41 bits per heavy atom. The maximum atomic E-state index is 12.7. The molecule has 0 radical (unpaired) electrons. The fourth-order valence-electron chi connectivity index (χ4n) is 4.68. The number of aliphatic carboxylic acids is 1. The molecule has 1 aliphatic heterocycles. The fraction of sp³-hybridized carbons (Fsp3) is 0.636. The van der Waals surface area contributed by atoms with Crippen LogP contribution in [0, 0.1) is 11.8 Å². The zero-order valence-corrected chi connectivity index (χ0v) is 16.4. The molecule has 2 fully saturated rings. The number of likely N-dealkylation sites (tertiary alicyclic amines) is 1. The predicted octanol–water partition coefficient (Wildman–Crippen LogP) is 3.26. The topological polar surface area (TPSA) is 69.6 Å². The minimum Gasteiger partial charge on any atom is -0.480 e. The van der Waals surface area contributed by atoms with Gasteiger partial charge in [-0.1, -0.05) is 44.2 Å². The van der Waals surface area contributed by atoms with E-state index >= 15 is 0 Å². The first kappa shape index (κ1) is 19.9. The summed E-state index contributed by atoms with van der Waals surface area (Å²) in [6.07, 6.45) is 5.47. The largest absolute Gasteiger partial charge is 0.480 e. The number of rotatable bonds is 7. The first-order valence-electron chi connectivity index (χ1n) is 10.3. The molecule has 148 valence electrons. The van der Waals surface area contributed by atoms with Crippen molar-refractivity contribution in [1.82, 2.24) is 10.2 Å². The second kappa shape index (κ2) is 8.87. The summed E-state index contributed by atoms with van der Waals surface area (Å²) < 4.78 is 0. The Morgan fingerprint density at radius 2 is 1.81 bits per heavy atom. The van der Waals surface area contributed by atoms with Gasteiger partial charge in [0.25, 0.3) is 0 Å². The number of hydrogen-bond donors (Lipinski definition) is 2. The number of benzene rings is 1. The highest BCUT2D eigenvalue weighted by atomic mass is 16.4. The molecular formula is C22H32N2O3. The average Bonchev–Trinajstić information content (AvgIpc) is 3.01. The quantitative estimate of drug-likeness (QED) is 0.771. The Labute approximate surface area is 162 Å². The van der Waals surface area contributed by atoms with Crippen LogP contribution in [0.1, 0.15) is 57.4 Å². The van der Waals surface area contributed by atoms with E-state index in [4.69, 9.17) is 0 Å². The summed E-state index contributed by atoms with van der Waals surface area (Å²) in [5.41, 5.74) is 1.44. The highest BCUT2D eigenvalue weighted by Crippen LogP contribution is 2.35. The van der Waals surface area contributed by atoms with E-state index in [2.05, 4.69) is 35.6 Å². The van der Waals surface area contributed by atoms with E-state index < -0.39 is 12.0 Å². The van der Waals surface area contributed by atoms with Crippen LogP contribution < -0.4 is 5.32 Å². The summed E-state index contributed by atoms with van der Waals surface area (Å²) in [6, 6.07) is 9.80. The minimum atomic E-state index is -0.904. The average molecular weight is 373 g/mol. The summed E-state index contributed by atoms with van der Waals surface area (Å²) in [5, 5.41) is 12.9. The molecule has 0 bridgehead atoms. The summed E-state index contributed by atoms with van der Waals surface area (Å²) in [5.74, 6) is 0.228. The van der Waals surface area contributed by atoms with Gasteiger partial charge in [-0.25, -0.2) is 4.79 Å². The maximum absolute atomic E-state index is 12.7. The number of nitrogens with zero attached hydrogens (tertiary/aromatic N) is 1. The van der Waals surface area contributed by atoms with Crippen LogP contribution in [-0.2, 0) is 9.59 Å². The van der Waals surface area contributed by atoms with Gasteiger partial charge in [-0.2, -0.15) is 0 Å². The molecule has 2 aliphatic rings. The highest BCUT2D eigenvalue weighted by Gasteiger charge is 2.40. The molecule has 5 heteroatoms. The Hall–Kier alpha value is -1.88. The van der Waals surface area contributed by atoms with Crippen LogP contribution in [0.25, 0.3) is 0 Å². The van der Waals surface area contributed by atoms with E-state index in [1.165, 1.54) is 31.2 Å². The van der Waals surface area contributed by atoms with Gasteiger partial charge in [0.1, 0.15) is 6.04 Å². The van der Waals surface area contributed by atoms with Crippen molar-refractivity contribution in [3.8, 4) is 0 Å². The second-order valence-electron chi connectivity index (χ2n) is 8.44. The number of carboxylic acids is 1. The van der Waals surface area contributed by atoms with Crippen molar-refractivity contribution in [3.63, 3.8) is 0 Å². The minimum absolute atomic E-state index is 0.0472. The Bertz CT molecular complexity index is 638. The molecule has 2 unspecified atom stereocenters. The van der Waals surface area contributed by atoms with Gasteiger partial charge in [0.05, 0.1) is 6.04 Å². The summed E-state index contributed by atoms with van der Waals surface area (Å²) >= 11 is 0. The molecule has 1 heterocycles. The normalized spacial score (nSPS) is 27.1. The standard InChI is InChI=1S/C22H32N2O3/c1-15(2)20(22(26)27)24-13-12-19(21(24)25)23-14-16-8-10-18(11-9-16)17-6-4-3-5-7-17/h3-7,15-16,18-20,23H,8-14H2,1-2H3,(H,26,27). The van der Waals surface area contributed by atoms with Crippen LogP contribution in [0.2, 0.25) is 0 Å². The lowest BCUT2D eigenvalue weighted by molar-refractivity contribution is -0.150. The zero-order valence-electron chi connectivity index (χ0n) is 16.4. The monoisotopic (exact) mass is 372 g/mol. The third-order valence-corrected chi connectivity index (χ3v) is 6.23. The fourth-order valence-corrected chi connectivity index (χ4v) is 4.68. The number of carboxylic acid groups (broad SMARTS) is 1. The molecule has 2 N–H and O–H groups in total. The van der Waals surface area contributed by atoms with Gasteiger partial charge in [-0.3, -0.25) is 4.79 Å². The SMILES string of the molecule is CC(C)C(C(=O)O)N1CCC(NCC2CCC(c3ccccc3)CC2)C1=O. The van der Waals surface area contributed by atoms with E-state index in [0.29, 0.717) is 24.8 Å². The summed E-state index contributed by atoms with van der Waals surface area (Å²) in [4.78, 5) is 25.7. The Kier molecular flexibility index (Phi) is 6.53. The van der Waals surface area contributed by atoms with Crippen LogP contribution in [0.3, 0.4) is 0 Å². The van der Waals surface area contributed by atoms with E-state index in [9.17, 15) is 14.7 Å². The van der Waals surface area contributed by atoms with E-state index in [0.717, 1.165) is 6.54 Å². The van der Waals surface area contributed by atoms with Crippen molar-refractivity contribution < 1.29 is 14.7 Å². The number of carbonyl (C=O) groups is 2. The van der Waals surface area contributed by atoms with E-state index in [1.54, 1.807) is 4.90 Å². The summed E-state index contributed by atoms with van der Waals surface area (Å²) in [6.45, 7) is 5.10. The van der Waals surface area contributed by atoms with Crippen molar-refractivity contribution in [3.05, 3.63) is 35.9 Å². The zero-order chi connectivity index (χ0) is 19.4. The molecule has 1 aromatic carbocycles. The molecule has 1 saturated heterocycles. The van der Waals surface area contributed by atoms with Crippen LogP contribution in [0.4, 0.5) is 0 Å². The number of hydrogen-bond acceptors (Lipinski definition) is 3. The Balaban J connectivity index is 1.46. The molecule has 1 aliphatic carbocycles. The van der Waals surface area contributed by atoms with Crippen molar-refractivity contribution >= 4 is 11.9 Å². The van der Waals surface area contributed by atoms with Gasteiger partial charge in [0.15, 0.2) is 0 Å². The lowest BCUT2D eigenvalue weighted by Gasteiger charge is -2.30. The molecule has 27 heavy (non-hydrogen) atoms. The van der Waals surface area contributed by atoms with Crippen molar-refractivity contribution in [2.75, 3.05) is 13.1 Å². The molecule has 3 rings (SSSR count). The molecule has 1 aromatic rings. The molecule has 1 amide bonds. The van der Waals surface area contributed by atoms with Crippen molar-refractivity contribution in [1.29, 1.82) is 0 Å². The van der Waals surface area contributed by atoms with Gasteiger partial charge < -0.3 is 15.3 Å². The van der Waals surface area contributed by atoms with Gasteiger partial charge in [0, 0.05) is 6.54 Å². The number of carbonyl (C=O) groups excluding carboxylic acids is 1. The molecule has 0 aromatic heterocycles. The van der Waals surface area contributed by atoms with Crippen LogP contribution in [0.5, 0.6) is 0 Å². The van der Waals surface area contributed by atoms with Gasteiger partial charge >= 0.3 is 5.97 Å².